The molecule has 1 aliphatic rings. The van der Waals surface area contributed by atoms with Crippen molar-refractivity contribution < 1.29 is 9.21 Å². The minimum Gasteiger partial charge on any atom is -0.466 e. The van der Waals surface area contributed by atoms with E-state index in [1.54, 1.807) is 0 Å². The number of para-hydroxylation sites is 1. The van der Waals surface area contributed by atoms with Crippen LogP contribution in [0, 0.1) is 20.8 Å². The van der Waals surface area contributed by atoms with Crippen molar-refractivity contribution in [1.29, 1.82) is 0 Å². The van der Waals surface area contributed by atoms with E-state index in [1.165, 1.54) is 10.9 Å². The fraction of sp³-hybridized carbons (Fsp3) is 0.250. The number of nitrogens with one attached hydrogen (secondary N) is 1. The smallest absolute Gasteiger partial charge is 0.258 e. The Labute approximate surface area is 169 Å². The van der Waals surface area contributed by atoms with Crippen molar-refractivity contribution in [2.24, 2.45) is 0 Å². The zero-order chi connectivity index (χ0) is 20.1. The molecule has 5 nitrogen and oxygen atoms in total. The molecule has 4 aromatic rings. The Kier molecular flexibility index (Phi) is 4.05. The molecular weight excluding hydrogens is 362 g/mol. The highest BCUT2D eigenvalue weighted by atomic mass is 16.3. The van der Waals surface area contributed by atoms with E-state index in [4.69, 9.17) is 9.40 Å². The number of H-pyrrole nitrogens is 1. The van der Waals surface area contributed by atoms with Crippen LogP contribution in [-0.4, -0.2) is 27.3 Å². The molecule has 1 aliphatic heterocycles. The Morgan fingerprint density at radius 3 is 2.72 bits per heavy atom. The van der Waals surface area contributed by atoms with Crippen LogP contribution in [0.4, 0.5) is 0 Å². The van der Waals surface area contributed by atoms with Gasteiger partial charge in [0.05, 0.1) is 11.3 Å². The number of rotatable bonds is 2. The van der Waals surface area contributed by atoms with Gasteiger partial charge in [0.15, 0.2) is 0 Å². The highest BCUT2D eigenvalue weighted by molar-refractivity contribution is 5.96. The van der Waals surface area contributed by atoms with Crippen LogP contribution >= 0.6 is 0 Å². The number of amides is 1. The largest absolute Gasteiger partial charge is 0.466 e. The maximum Gasteiger partial charge on any atom is 0.258 e. The standard InChI is InChI=1S/C24H23N3O2/c1-14-7-6-10-21(25-14)23-22-18(17-8-4-5-9-20(17)26-22)11-12-27(23)24(28)19-13-15(2)29-16(19)3/h4-10,13,23,26H,11-12H2,1-3H3/t23-/m1/s1. The van der Waals surface area contributed by atoms with Gasteiger partial charge in [-0.3, -0.25) is 9.78 Å². The number of nitrogens with zero attached hydrogens (tertiary/aromatic N) is 2. The molecule has 5 rings (SSSR count). The molecule has 29 heavy (non-hydrogen) atoms. The van der Waals surface area contributed by atoms with E-state index >= 15 is 0 Å². The molecule has 0 bridgehead atoms. The summed E-state index contributed by atoms with van der Waals surface area (Å²) in [6.45, 7) is 6.33. The number of benzene rings is 1. The van der Waals surface area contributed by atoms with Crippen LogP contribution in [0.1, 0.15) is 50.6 Å². The third kappa shape index (κ3) is 2.85. The molecule has 0 fully saturated rings. The Morgan fingerprint density at radius 2 is 1.97 bits per heavy atom. The summed E-state index contributed by atoms with van der Waals surface area (Å²) >= 11 is 0. The Morgan fingerprint density at radius 1 is 1.14 bits per heavy atom. The van der Waals surface area contributed by atoms with Gasteiger partial charge in [-0.05, 0) is 57.0 Å². The van der Waals surface area contributed by atoms with Gasteiger partial charge in [-0.25, -0.2) is 0 Å². The lowest BCUT2D eigenvalue weighted by Crippen LogP contribution is -2.41. The normalized spacial score (nSPS) is 16.2. The summed E-state index contributed by atoms with van der Waals surface area (Å²) in [6, 6.07) is 15.9. The van der Waals surface area contributed by atoms with Crippen LogP contribution < -0.4 is 0 Å². The number of carbonyl (C=O) groups excluding carboxylic acids is 1. The van der Waals surface area contributed by atoms with Crippen molar-refractivity contribution in [1.82, 2.24) is 14.9 Å². The van der Waals surface area contributed by atoms with Crippen molar-refractivity contribution in [3.63, 3.8) is 0 Å². The molecule has 3 aromatic heterocycles. The van der Waals surface area contributed by atoms with E-state index in [0.717, 1.165) is 34.8 Å². The molecule has 1 N–H and O–H groups in total. The first-order chi connectivity index (χ1) is 14.0. The first-order valence-corrected chi connectivity index (χ1v) is 9.94. The molecule has 0 unspecified atom stereocenters. The van der Waals surface area contributed by atoms with Crippen LogP contribution in [0.3, 0.4) is 0 Å². The zero-order valence-electron chi connectivity index (χ0n) is 16.8. The molecule has 0 aliphatic carbocycles. The lowest BCUT2D eigenvalue weighted by Gasteiger charge is -2.35. The van der Waals surface area contributed by atoms with Crippen LogP contribution in [0.2, 0.25) is 0 Å². The number of pyridine rings is 1. The molecular formula is C24H23N3O2. The predicted octanol–water partition coefficient (Wildman–Crippen LogP) is 4.87. The van der Waals surface area contributed by atoms with Gasteiger partial charge in [-0.2, -0.15) is 0 Å². The Bertz CT molecular complexity index is 1230. The van der Waals surface area contributed by atoms with Crippen LogP contribution in [0.25, 0.3) is 10.9 Å². The molecule has 146 valence electrons. The molecule has 5 heteroatoms. The fourth-order valence-corrected chi connectivity index (χ4v) is 4.48. The van der Waals surface area contributed by atoms with Gasteiger partial charge in [0.25, 0.3) is 5.91 Å². The summed E-state index contributed by atoms with van der Waals surface area (Å²) in [7, 11) is 0. The molecule has 4 heterocycles. The lowest BCUT2D eigenvalue weighted by atomic mass is 9.94. The maximum absolute atomic E-state index is 13.6. The number of aromatic amines is 1. The van der Waals surface area contributed by atoms with Crippen molar-refractivity contribution in [3.05, 3.63) is 88.3 Å². The average Bonchev–Trinajstić information content (AvgIpc) is 3.25. The summed E-state index contributed by atoms with van der Waals surface area (Å²) in [6.07, 6.45) is 0.809. The van der Waals surface area contributed by atoms with Gasteiger partial charge in [0.1, 0.15) is 17.6 Å². The third-order valence-electron chi connectivity index (χ3n) is 5.76. The summed E-state index contributed by atoms with van der Waals surface area (Å²) < 4.78 is 5.63. The number of hydrogen-bond donors (Lipinski definition) is 1. The van der Waals surface area contributed by atoms with E-state index in [1.807, 2.05) is 56.0 Å². The second-order valence-electron chi connectivity index (χ2n) is 7.74. The molecule has 1 amide bonds. The Balaban J connectivity index is 1.69. The number of furan rings is 1. The van der Waals surface area contributed by atoms with Crippen molar-refractivity contribution >= 4 is 16.8 Å². The van der Waals surface area contributed by atoms with Crippen LogP contribution in [0.5, 0.6) is 0 Å². The molecule has 0 saturated carbocycles. The van der Waals surface area contributed by atoms with Crippen molar-refractivity contribution in [2.45, 2.75) is 33.2 Å². The van der Waals surface area contributed by atoms with E-state index in [-0.39, 0.29) is 11.9 Å². The summed E-state index contributed by atoms with van der Waals surface area (Å²) in [4.78, 5) is 23.8. The van der Waals surface area contributed by atoms with E-state index in [0.29, 0.717) is 17.9 Å². The SMILES string of the molecule is Cc1cccc([C@@H]2c3[nH]c4ccccc4c3CCN2C(=O)c2cc(C)oc2C)n1. The lowest BCUT2D eigenvalue weighted by molar-refractivity contribution is 0.0686. The van der Waals surface area contributed by atoms with Gasteiger partial charge < -0.3 is 14.3 Å². The summed E-state index contributed by atoms with van der Waals surface area (Å²) in [5.41, 5.74) is 5.87. The maximum atomic E-state index is 13.6. The minimum absolute atomic E-state index is 0.0167. The first kappa shape index (κ1) is 17.7. The number of carbonyl (C=O) groups is 1. The minimum atomic E-state index is -0.256. The highest BCUT2D eigenvalue weighted by Crippen LogP contribution is 2.38. The summed E-state index contributed by atoms with van der Waals surface area (Å²) in [5.74, 6) is 1.39. The third-order valence-corrected chi connectivity index (χ3v) is 5.76. The van der Waals surface area contributed by atoms with Gasteiger partial charge in [-0.15, -0.1) is 0 Å². The van der Waals surface area contributed by atoms with Gasteiger partial charge in [0, 0.05) is 28.8 Å². The topological polar surface area (TPSA) is 62.1 Å². The number of hydrogen-bond acceptors (Lipinski definition) is 3. The van der Waals surface area contributed by atoms with Gasteiger partial charge in [0.2, 0.25) is 0 Å². The van der Waals surface area contributed by atoms with E-state index < -0.39 is 0 Å². The van der Waals surface area contributed by atoms with Crippen LogP contribution in [-0.2, 0) is 6.42 Å². The second-order valence-corrected chi connectivity index (χ2v) is 7.74. The number of aryl methyl sites for hydroxylation is 3. The molecule has 0 spiro atoms. The second kappa shape index (κ2) is 6.62. The van der Waals surface area contributed by atoms with Crippen LogP contribution in [0.15, 0.2) is 52.9 Å². The highest BCUT2D eigenvalue weighted by Gasteiger charge is 2.36. The van der Waals surface area contributed by atoms with Gasteiger partial charge >= 0.3 is 0 Å². The Hall–Kier alpha value is -3.34. The average molecular weight is 385 g/mol. The van der Waals surface area contributed by atoms with Crippen molar-refractivity contribution in [2.75, 3.05) is 6.54 Å². The summed E-state index contributed by atoms with van der Waals surface area (Å²) in [5, 5.41) is 1.22. The molecule has 1 aromatic carbocycles. The predicted molar refractivity (Wildman–Crippen MR) is 112 cm³/mol. The van der Waals surface area contributed by atoms with E-state index in [9.17, 15) is 4.79 Å². The quantitative estimate of drug-likeness (QED) is 0.535. The monoisotopic (exact) mass is 385 g/mol. The van der Waals surface area contributed by atoms with E-state index in [2.05, 4.69) is 23.2 Å². The van der Waals surface area contributed by atoms with Gasteiger partial charge in [-0.1, -0.05) is 24.3 Å². The van der Waals surface area contributed by atoms with Crippen molar-refractivity contribution in [3.8, 4) is 0 Å². The molecule has 1 atom stereocenters. The number of aromatic nitrogens is 2. The first-order valence-electron chi connectivity index (χ1n) is 9.94. The molecule has 0 radical (unpaired) electrons. The fourth-order valence-electron chi connectivity index (χ4n) is 4.48. The number of fused-ring (bicyclic) bond motifs is 3. The molecule has 0 saturated heterocycles. The zero-order valence-corrected chi connectivity index (χ0v) is 16.8.